The number of carbonyl (C=O) groups excluding carboxylic acids is 2. The van der Waals surface area contributed by atoms with Crippen molar-refractivity contribution in [3.05, 3.63) is 0 Å². The van der Waals surface area contributed by atoms with Gasteiger partial charge in [-0.1, -0.05) is 20.8 Å². The molecule has 106 valence electrons. The van der Waals surface area contributed by atoms with Gasteiger partial charge in [-0.25, -0.2) is 0 Å². The zero-order valence-corrected chi connectivity index (χ0v) is 12.2. The van der Waals surface area contributed by atoms with E-state index in [-0.39, 0.29) is 24.2 Å². The topological polar surface area (TPSA) is 61.4 Å². The highest BCUT2D eigenvalue weighted by atomic mass is 35.5. The molecule has 0 aliphatic carbocycles. The highest BCUT2D eigenvalue weighted by Gasteiger charge is 2.21. The summed E-state index contributed by atoms with van der Waals surface area (Å²) in [4.78, 5) is 25.2. The summed E-state index contributed by atoms with van der Waals surface area (Å²) in [6.45, 7) is 9.28. The maximum absolute atomic E-state index is 11.8. The van der Waals surface area contributed by atoms with Crippen molar-refractivity contribution in [3.8, 4) is 0 Å². The van der Waals surface area contributed by atoms with Crippen molar-refractivity contribution in [3.63, 3.8) is 0 Å². The Hall–Kier alpha value is -0.810. The van der Waals surface area contributed by atoms with Gasteiger partial charge in [0.2, 0.25) is 11.8 Å². The molecule has 1 saturated heterocycles. The molecule has 1 aliphatic heterocycles. The number of amides is 2. The average molecular weight is 278 g/mol. The molecule has 2 N–H and O–H groups in total. The van der Waals surface area contributed by atoms with Gasteiger partial charge in [0.1, 0.15) is 0 Å². The van der Waals surface area contributed by atoms with Gasteiger partial charge < -0.3 is 15.5 Å². The van der Waals surface area contributed by atoms with Crippen molar-refractivity contribution in [2.45, 2.75) is 27.2 Å². The first-order valence-corrected chi connectivity index (χ1v) is 6.18. The number of halogens is 1. The number of carbonyl (C=O) groups is 2. The third-order valence-electron chi connectivity index (χ3n) is 2.78. The Bertz CT molecular complexity index is 284. The van der Waals surface area contributed by atoms with Crippen LogP contribution in [0.5, 0.6) is 0 Å². The van der Waals surface area contributed by atoms with Gasteiger partial charge in [-0.2, -0.15) is 0 Å². The first-order valence-electron chi connectivity index (χ1n) is 6.18. The Morgan fingerprint density at radius 3 is 2.28 bits per heavy atom. The predicted molar refractivity (Wildman–Crippen MR) is 73.8 cm³/mol. The maximum Gasteiger partial charge on any atom is 0.225 e. The molecule has 0 radical (unpaired) electrons. The predicted octanol–water partition coefficient (Wildman–Crippen LogP) is 0.392. The minimum atomic E-state index is -0.391. The van der Waals surface area contributed by atoms with Crippen molar-refractivity contribution < 1.29 is 9.59 Å². The lowest BCUT2D eigenvalue weighted by Gasteiger charge is -2.27. The molecule has 0 spiro atoms. The Morgan fingerprint density at radius 2 is 1.78 bits per heavy atom. The summed E-state index contributed by atoms with van der Waals surface area (Å²) in [7, 11) is 0. The van der Waals surface area contributed by atoms with Crippen LogP contribution in [0.3, 0.4) is 0 Å². The molecule has 1 fully saturated rings. The van der Waals surface area contributed by atoms with E-state index in [1.807, 2.05) is 25.7 Å². The molecule has 2 amide bonds. The molecule has 1 aliphatic rings. The summed E-state index contributed by atoms with van der Waals surface area (Å²) >= 11 is 0. The molecule has 5 nitrogen and oxygen atoms in total. The normalized spacial score (nSPS) is 15.8. The Kier molecular flexibility index (Phi) is 7.25. The highest BCUT2D eigenvalue weighted by Crippen LogP contribution is 2.12. The molecule has 1 heterocycles. The number of rotatable bonds is 3. The lowest BCUT2D eigenvalue weighted by Crippen LogP contribution is -2.47. The second-order valence-electron chi connectivity index (χ2n) is 5.39. The smallest absolute Gasteiger partial charge is 0.225 e. The molecule has 0 unspecified atom stereocenters. The van der Waals surface area contributed by atoms with Crippen LogP contribution in [-0.2, 0) is 9.59 Å². The fraction of sp³-hybridized carbons (Fsp3) is 0.833. The van der Waals surface area contributed by atoms with Gasteiger partial charge in [0.25, 0.3) is 0 Å². The Morgan fingerprint density at radius 1 is 1.22 bits per heavy atom. The van der Waals surface area contributed by atoms with Crippen LogP contribution in [0, 0.1) is 5.41 Å². The minimum absolute atomic E-state index is 0. The molecule has 0 saturated carbocycles. The summed E-state index contributed by atoms with van der Waals surface area (Å²) < 4.78 is 0. The Labute approximate surface area is 115 Å². The molecule has 0 aromatic heterocycles. The second kappa shape index (κ2) is 7.59. The minimum Gasteiger partial charge on any atom is -0.355 e. The molecule has 0 aromatic rings. The summed E-state index contributed by atoms with van der Waals surface area (Å²) in [5, 5.41) is 5.99. The fourth-order valence-corrected chi connectivity index (χ4v) is 1.62. The zero-order chi connectivity index (χ0) is 12.9. The lowest BCUT2D eigenvalue weighted by atomic mass is 9.96. The summed E-state index contributed by atoms with van der Waals surface area (Å²) in [5.41, 5.74) is -0.391. The van der Waals surface area contributed by atoms with Crippen molar-refractivity contribution in [1.82, 2.24) is 15.5 Å². The van der Waals surface area contributed by atoms with Crippen molar-refractivity contribution in [2.24, 2.45) is 5.41 Å². The van der Waals surface area contributed by atoms with Gasteiger partial charge in [0, 0.05) is 44.6 Å². The first kappa shape index (κ1) is 17.2. The molecule has 0 atom stereocenters. The molecular weight excluding hydrogens is 254 g/mol. The van der Waals surface area contributed by atoms with E-state index in [1.165, 1.54) is 0 Å². The van der Waals surface area contributed by atoms with E-state index < -0.39 is 5.41 Å². The third kappa shape index (κ3) is 5.69. The molecule has 6 heteroatoms. The van der Waals surface area contributed by atoms with Crippen LogP contribution in [0.4, 0.5) is 0 Å². The lowest BCUT2D eigenvalue weighted by molar-refractivity contribution is -0.132. The summed E-state index contributed by atoms with van der Waals surface area (Å²) in [6.07, 6.45) is 0.391. The van der Waals surface area contributed by atoms with Crippen LogP contribution < -0.4 is 10.6 Å². The quantitative estimate of drug-likeness (QED) is 0.785. The molecule has 1 rings (SSSR count). The van der Waals surface area contributed by atoms with E-state index in [0.717, 1.165) is 26.2 Å². The number of hydrogen-bond donors (Lipinski definition) is 2. The van der Waals surface area contributed by atoms with E-state index in [4.69, 9.17) is 0 Å². The summed E-state index contributed by atoms with van der Waals surface area (Å²) in [5.74, 6) is 0.117. The molecular formula is C12H24ClN3O2. The van der Waals surface area contributed by atoms with E-state index in [1.54, 1.807) is 0 Å². The second-order valence-corrected chi connectivity index (χ2v) is 5.39. The SMILES string of the molecule is CC(C)(C)C(=O)NCCC(=O)N1CCNCC1.Cl. The van der Waals surface area contributed by atoms with Gasteiger partial charge in [0.15, 0.2) is 0 Å². The van der Waals surface area contributed by atoms with Crippen LogP contribution in [0.1, 0.15) is 27.2 Å². The van der Waals surface area contributed by atoms with Crippen LogP contribution in [-0.4, -0.2) is 49.4 Å². The van der Waals surface area contributed by atoms with Crippen molar-refractivity contribution in [1.29, 1.82) is 0 Å². The zero-order valence-electron chi connectivity index (χ0n) is 11.4. The number of nitrogens with one attached hydrogen (secondary N) is 2. The standard InChI is InChI=1S/C12H23N3O2.ClH/c1-12(2,3)11(17)14-5-4-10(16)15-8-6-13-7-9-15;/h13H,4-9H2,1-3H3,(H,14,17);1H. The van der Waals surface area contributed by atoms with E-state index in [0.29, 0.717) is 13.0 Å². The monoisotopic (exact) mass is 277 g/mol. The van der Waals surface area contributed by atoms with Gasteiger partial charge in [0.05, 0.1) is 0 Å². The number of nitrogens with zero attached hydrogens (tertiary/aromatic N) is 1. The highest BCUT2D eigenvalue weighted by molar-refractivity contribution is 5.85. The van der Waals surface area contributed by atoms with Crippen LogP contribution >= 0.6 is 12.4 Å². The van der Waals surface area contributed by atoms with Crippen LogP contribution in [0.25, 0.3) is 0 Å². The van der Waals surface area contributed by atoms with E-state index in [9.17, 15) is 9.59 Å². The Balaban J connectivity index is 0.00000289. The van der Waals surface area contributed by atoms with Gasteiger partial charge in [-0.3, -0.25) is 9.59 Å². The van der Waals surface area contributed by atoms with Gasteiger partial charge >= 0.3 is 0 Å². The van der Waals surface area contributed by atoms with Crippen molar-refractivity contribution >= 4 is 24.2 Å². The van der Waals surface area contributed by atoms with E-state index in [2.05, 4.69) is 10.6 Å². The number of piperazine rings is 1. The third-order valence-corrected chi connectivity index (χ3v) is 2.78. The molecule has 0 aromatic carbocycles. The summed E-state index contributed by atoms with van der Waals surface area (Å²) in [6, 6.07) is 0. The average Bonchev–Trinajstić information content (AvgIpc) is 2.28. The van der Waals surface area contributed by atoms with Crippen LogP contribution in [0.15, 0.2) is 0 Å². The number of hydrogen-bond acceptors (Lipinski definition) is 3. The molecule has 18 heavy (non-hydrogen) atoms. The first-order chi connectivity index (χ1) is 7.91. The van der Waals surface area contributed by atoms with Gasteiger partial charge in [-0.05, 0) is 0 Å². The van der Waals surface area contributed by atoms with Crippen molar-refractivity contribution in [2.75, 3.05) is 32.7 Å². The fourth-order valence-electron chi connectivity index (χ4n) is 1.62. The van der Waals surface area contributed by atoms with Crippen LogP contribution in [0.2, 0.25) is 0 Å². The van der Waals surface area contributed by atoms with Gasteiger partial charge in [-0.15, -0.1) is 12.4 Å². The largest absolute Gasteiger partial charge is 0.355 e. The maximum atomic E-state index is 11.8. The molecule has 0 bridgehead atoms. The van der Waals surface area contributed by atoms with E-state index >= 15 is 0 Å².